The predicted molar refractivity (Wildman–Crippen MR) is 49.2 cm³/mol. The first-order valence-electron chi connectivity index (χ1n) is 4.53. The van der Waals surface area contributed by atoms with Crippen LogP contribution in [0.15, 0.2) is 0 Å². The maximum absolute atomic E-state index is 11.0. The second-order valence-electron chi connectivity index (χ2n) is 3.59. The van der Waals surface area contributed by atoms with Crippen LogP contribution in [-0.2, 0) is 18.6 Å². The van der Waals surface area contributed by atoms with Crippen LogP contribution in [-0.4, -0.2) is 38.7 Å². The van der Waals surface area contributed by atoms with Crippen molar-refractivity contribution in [2.24, 2.45) is 0 Å². The van der Waals surface area contributed by atoms with E-state index in [0.717, 1.165) is 6.66 Å². The van der Waals surface area contributed by atoms with Crippen molar-refractivity contribution in [1.29, 1.82) is 0 Å². The zero-order valence-corrected chi connectivity index (χ0v) is 9.53. The lowest BCUT2D eigenvalue weighted by atomic mass is 10.1. The minimum absolute atomic E-state index is 0.0201. The van der Waals surface area contributed by atoms with Crippen molar-refractivity contribution in [2.45, 2.75) is 31.7 Å². The van der Waals surface area contributed by atoms with E-state index in [1.807, 2.05) is 6.92 Å². The van der Waals surface area contributed by atoms with E-state index in [0.29, 0.717) is 13.0 Å². The first kappa shape index (κ1) is 12.1. The second kappa shape index (κ2) is 4.73. The van der Waals surface area contributed by atoms with Crippen LogP contribution < -0.4 is 4.89 Å². The van der Waals surface area contributed by atoms with Crippen molar-refractivity contribution in [1.82, 2.24) is 0 Å². The number of methoxy groups -OCH3 is 1. The molecule has 1 fully saturated rings. The Morgan fingerprint density at radius 3 is 2.79 bits per heavy atom. The molecule has 0 aromatic rings. The summed E-state index contributed by atoms with van der Waals surface area (Å²) < 4.78 is 26.3. The fourth-order valence-corrected chi connectivity index (χ4v) is 2.30. The molecule has 0 saturated carbocycles. The quantitative estimate of drug-likeness (QED) is 0.644. The molecule has 14 heavy (non-hydrogen) atoms. The van der Waals surface area contributed by atoms with Crippen molar-refractivity contribution in [3.63, 3.8) is 0 Å². The minimum Gasteiger partial charge on any atom is -0.779 e. The normalized spacial score (nSPS) is 37.0. The van der Waals surface area contributed by atoms with Gasteiger partial charge in [-0.05, 0) is 6.92 Å². The summed E-state index contributed by atoms with van der Waals surface area (Å²) in [6.45, 7) is 3.31. The van der Waals surface area contributed by atoms with Crippen molar-refractivity contribution >= 4 is 7.60 Å². The smallest absolute Gasteiger partial charge is 0.132 e. The van der Waals surface area contributed by atoms with Gasteiger partial charge in [0.25, 0.3) is 0 Å². The van der Waals surface area contributed by atoms with Crippen LogP contribution in [0.1, 0.15) is 13.3 Å². The molecule has 1 unspecified atom stereocenters. The van der Waals surface area contributed by atoms with Gasteiger partial charge in [-0.3, -0.25) is 0 Å². The lowest BCUT2D eigenvalue weighted by Gasteiger charge is -2.25. The third-order valence-electron chi connectivity index (χ3n) is 2.04. The van der Waals surface area contributed by atoms with E-state index in [-0.39, 0.29) is 12.2 Å². The lowest BCUT2D eigenvalue weighted by molar-refractivity contribution is -0.202. The van der Waals surface area contributed by atoms with E-state index in [1.54, 1.807) is 7.11 Å². The molecule has 4 atom stereocenters. The summed E-state index contributed by atoms with van der Waals surface area (Å²) >= 11 is 0. The highest BCUT2D eigenvalue weighted by Crippen LogP contribution is 2.38. The lowest BCUT2D eigenvalue weighted by Crippen LogP contribution is -2.29. The van der Waals surface area contributed by atoms with Gasteiger partial charge < -0.3 is 23.5 Å². The van der Waals surface area contributed by atoms with Gasteiger partial charge in [0.05, 0.1) is 18.8 Å². The van der Waals surface area contributed by atoms with Gasteiger partial charge in [0.1, 0.15) is 13.7 Å². The Bertz CT molecular complexity index is 226. The SMILES string of the molecule is COC[C@H]1O[C@@H](C)C[C@H]1OP(C)(=O)[O-]. The van der Waals surface area contributed by atoms with E-state index in [1.165, 1.54) is 0 Å². The van der Waals surface area contributed by atoms with Crippen LogP contribution in [0.25, 0.3) is 0 Å². The summed E-state index contributed by atoms with van der Waals surface area (Å²) in [6.07, 6.45) is -0.0733. The molecule has 0 aliphatic carbocycles. The van der Waals surface area contributed by atoms with Gasteiger partial charge in [0.2, 0.25) is 0 Å². The topological polar surface area (TPSA) is 67.8 Å². The van der Waals surface area contributed by atoms with Gasteiger partial charge in [0, 0.05) is 20.2 Å². The van der Waals surface area contributed by atoms with Gasteiger partial charge in [-0.2, -0.15) is 0 Å². The maximum Gasteiger partial charge on any atom is 0.132 e. The second-order valence-corrected chi connectivity index (χ2v) is 5.34. The van der Waals surface area contributed by atoms with E-state index < -0.39 is 13.7 Å². The third-order valence-corrected chi connectivity index (χ3v) is 2.70. The third kappa shape index (κ3) is 3.67. The van der Waals surface area contributed by atoms with Crippen molar-refractivity contribution in [3.05, 3.63) is 0 Å². The zero-order valence-electron chi connectivity index (χ0n) is 8.63. The fraction of sp³-hybridized carbons (Fsp3) is 1.00. The van der Waals surface area contributed by atoms with E-state index in [4.69, 9.17) is 14.0 Å². The largest absolute Gasteiger partial charge is 0.779 e. The highest BCUT2D eigenvalue weighted by atomic mass is 31.2. The molecule has 6 heteroatoms. The first-order valence-corrected chi connectivity index (χ1v) is 6.52. The summed E-state index contributed by atoms with van der Waals surface area (Å²) in [5, 5.41) is 0. The number of rotatable bonds is 4. The van der Waals surface area contributed by atoms with Crippen LogP contribution in [0.3, 0.4) is 0 Å². The van der Waals surface area contributed by atoms with Crippen LogP contribution in [0, 0.1) is 0 Å². The fourth-order valence-electron chi connectivity index (χ4n) is 1.59. The Labute approximate surface area is 83.9 Å². The Hall–Kier alpha value is 0.0700. The molecule has 1 saturated heterocycles. The highest BCUT2D eigenvalue weighted by molar-refractivity contribution is 7.50. The standard InChI is InChI=1S/C8H17O5P/c1-6-4-7(13-14(3,9)10)8(12-6)5-11-2/h6-8H,4-5H2,1-3H3,(H,9,10)/p-1/t6-,7+,8+/m0/s1. The van der Waals surface area contributed by atoms with E-state index in [2.05, 4.69) is 0 Å². The van der Waals surface area contributed by atoms with Crippen molar-refractivity contribution in [3.8, 4) is 0 Å². The number of hydrogen-bond acceptors (Lipinski definition) is 5. The Morgan fingerprint density at radius 2 is 2.29 bits per heavy atom. The molecule has 84 valence electrons. The minimum atomic E-state index is -3.69. The molecular formula is C8H16O5P-. The molecule has 5 nitrogen and oxygen atoms in total. The van der Waals surface area contributed by atoms with E-state index >= 15 is 0 Å². The molecule has 0 aromatic heterocycles. The van der Waals surface area contributed by atoms with Gasteiger partial charge in [-0.1, -0.05) is 0 Å². The van der Waals surface area contributed by atoms with Crippen molar-refractivity contribution < 1.29 is 23.5 Å². The van der Waals surface area contributed by atoms with Crippen LogP contribution in [0.4, 0.5) is 0 Å². The molecule has 1 heterocycles. The van der Waals surface area contributed by atoms with Crippen LogP contribution in [0.2, 0.25) is 0 Å². The Balaban J connectivity index is 2.53. The summed E-state index contributed by atoms with van der Waals surface area (Å²) in [5.41, 5.74) is 0. The highest BCUT2D eigenvalue weighted by Gasteiger charge is 2.35. The Morgan fingerprint density at radius 1 is 1.64 bits per heavy atom. The van der Waals surface area contributed by atoms with Crippen LogP contribution >= 0.6 is 7.60 Å². The molecule has 1 aliphatic rings. The molecule has 0 amide bonds. The zero-order chi connectivity index (χ0) is 10.8. The maximum atomic E-state index is 11.0. The van der Waals surface area contributed by atoms with Crippen molar-refractivity contribution in [2.75, 3.05) is 20.4 Å². The molecule has 0 N–H and O–H groups in total. The van der Waals surface area contributed by atoms with Gasteiger partial charge in [-0.25, -0.2) is 0 Å². The number of ether oxygens (including phenoxy) is 2. The monoisotopic (exact) mass is 223 g/mol. The Kier molecular flexibility index (Phi) is 4.10. The summed E-state index contributed by atoms with van der Waals surface area (Å²) in [5.74, 6) is 0. The summed E-state index contributed by atoms with van der Waals surface area (Å²) in [6, 6.07) is 0. The summed E-state index contributed by atoms with van der Waals surface area (Å²) in [7, 11) is -2.14. The van der Waals surface area contributed by atoms with Gasteiger partial charge in [-0.15, -0.1) is 0 Å². The predicted octanol–water partition coefficient (Wildman–Crippen LogP) is 0.379. The number of hydrogen-bond donors (Lipinski definition) is 0. The first-order chi connectivity index (χ1) is 6.42. The molecule has 0 spiro atoms. The average molecular weight is 223 g/mol. The average Bonchev–Trinajstić information content (AvgIpc) is 2.28. The molecular weight excluding hydrogens is 207 g/mol. The molecule has 0 aromatic carbocycles. The van der Waals surface area contributed by atoms with Crippen LogP contribution in [0.5, 0.6) is 0 Å². The molecule has 0 bridgehead atoms. The summed E-state index contributed by atoms with van der Waals surface area (Å²) in [4.78, 5) is 11.0. The molecule has 1 rings (SSSR count). The molecule has 1 aliphatic heterocycles. The van der Waals surface area contributed by atoms with Gasteiger partial charge in [0.15, 0.2) is 0 Å². The molecule has 0 radical (unpaired) electrons. The van der Waals surface area contributed by atoms with Gasteiger partial charge >= 0.3 is 0 Å². The van der Waals surface area contributed by atoms with E-state index in [9.17, 15) is 9.46 Å².